The van der Waals surface area contributed by atoms with E-state index >= 15 is 0 Å². The number of piperidine rings is 1. The summed E-state index contributed by atoms with van der Waals surface area (Å²) in [5, 5.41) is 0. The van der Waals surface area contributed by atoms with Crippen molar-refractivity contribution in [3.63, 3.8) is 0 Å². The quantitative estimate of drug-likeness (QED) is 0.835. The first kappa shape index (κ1) is 16.9. The van der Waals surface area contributed by atoms with E-state index in [0.717, 1.165) is 12.8 Å². The number of carbonyl (C=O) groups is 2. The number of rotatable bonds is 4. The Bertz CT molecular complexity index is 634. The zero-order valence-corrected chi connectivity index (χ0v) is 14.2. The normalized spacial score (nSPS) is 24.1. The van der Waals surface area contributed by atoms with Crippen LogP contribution in [-0.4, -0.2) is 66.3 Å². The van der Waals surface area contributed by atoms with Gasteiger partial charge in [-0.1, -0.05) is 18.2 Å². The van der Waals surface area contributed by atoms with Gasteiger partial charge in [-0.3, -0.25) is 14.5 Å². The fraction of sp³-hybridized carbons (Fsp3) is 0.556. The molecule has 0 N–H and O–H groups in total. The Labute approximate surface area is 142 Å². The standard InChI is InChI=1S/C18H24FN3O2/c1-20(2)17(23)12-22-15-8-7-14(18(22)24)10-21(11-15)9-13-5-3-4-6-16(13)19/h3-6,14-15H,7-12H2,1-2H3/t14-,15+/m1/s1. The van der Waals surface area contributed by atoms with Gasteiger partial charge in [0.2, 0.25) is 11.8 Å². The third-order valence-electron chi connectivity index (χ3n) is 5.03. The molecular formula is C18H24FN3O2. The Balaban J connectivity index is 1.74. The third-order valence-corrected chi connectivity index (χ3v) is 5.03. The van der Waals surface area contributed by atoms with Crippen LogP contribution in [0.1, 0.15) is 18.4 Å². The summed E-state index contributed by atoms with van der Waals surface area (Å²) < 4.78 is 13.9. The molecule has 0 saturated carbocycles. The lowest BCUT2D eigenvalue weighted by atomic mass is 9.94. The molecule has 3 fully saturated rings. The number of likely N-dealkylation sites (N-methyl/N-ethyl adjacent to an activating group) is 1. The van der Waals surface area contributed by atoms with Crippen LogP contribution in [0.25, 0.3) is 0 Å². The molecule has 0 aromatic heterocycles. The van der Waals surface area contributed by atoms with Gasteiger partial charge in [0.25, 0.3) is 0 Å². The first-order chi connectivity index (χ1) is 11.5. The highest BCUT2D eigenvalue weighted by Crippen LogP contribution is 2.30. The zero-order valence-electron chi connectivity index (χ0n) is 14.2. The predicted octanol–water partition coefficient (Wildman–Crippen LogP) is 1.34. The van der Waals surface area contributed by atoms with E-state index in [-0.39, 0.29) is 36.1 Å². The highest BCUT2D eigenvalue weighted by atomic mass is 19.1. The van der Waals surface area contributed by atoms with Crippen molar-refractivity contribution in [2.75, 3.05) is 33.7 Å². The summed E-state index contributed by atoms with van der Waals surface area (Å²) in [7, 11) is 3.40. The maximum absolute atomic E-state index is 13.9. The van der Waals surface area contributed by atoms with Crippen molar-refractivity contribution < 1.29 is 14.0 Å². The molecular weight excluding hydrogens is 309 g/mol. The van der Waals surface area contributed by atoms with Crippen LogP contribution in [0.5, 0.6) is 0 Å². The molecule has 3 aliphatic rings. The van der Waals surface area contributed by atoms with Crippen LogP contribution in [0, 0.1) is 11.7 Å². The van der Waals surface area contributed by atoms with Gasteiger partial charge in [-0.2, -0.15) is 0 Å². The second kappa shape index (κ2) is 6.89. The van der Waals surface area contributed by atoms with Gasteiger partial charge in [-0.25, -0.2) is 4.39 Å². The van der Waals surface area contributed by atoms with Crippen LogP contribution in [0.15, 0.2) is 24.3 Å². The van der Waals surface area contributed by atoms with Crippen LogP contribution < -0.4 is 0 Å². The van der Waals surface area contributed by atoms with Gasteiger partial charge in [0, 0.05) is 45.3 Å². The van der Waals surface area contributed by atoms with Gasteiger partial charge >= 0.3 is 0 Å². The van der Waals surface area contributed by atoms with Crippen LogP contribution in [0.4, 0.5) is 4.39 Å². The van der Waals surface area contributed by atoms with Gasteiger partial charge in [-0.15, -0.1) is 0 Å². The monoisotopic (exact) mass is 333 g/mol. The fourth-order valence-electron chi connectivity index (χ4n) is 3.62. The molecule has 6 heteroatoms. The van der Waals surface area contributed by atoms with Crippen molar-refractivity contribution >= 4 is 11.8 Å². The second-order valence-corrected chi connectivity index (χ2v) is 6.97. The van der Waals surface area contributed by atoms with E-state index in [4.69, 9.17) is 0 Å². The van der Waals surface area contributed by atoms with Crippen molar-refractivity contribution in [1.29, 1.82) is 0 Å². The number of amides is 2. The molecule has 0 spiro atoms. The summed E-state index contributed by atoms with van der Waals surface area (Å²) in [4.78, 5) is 30.1. The molecule has 3 aliphatic heterocycles. The predicted molar refractivity (Wildman–Crippen MR) is 88.6 cm³/mol. The topological polar surface area (TPSA) is 43.9 Å². The first-order valence-corrected chi connectivity index (χ1v) is 8.42. The van der Waals surface area contributed by atoms with Gasteiger partial charge in [-0.05, 0) is 18.9 Å². The minimum absolute atomic E-state index is 0.0342. The first-order valence-electron chi connectivity index (χ1n) is 8.42. The third kappa shape index (κ3) is 3.43. The van der Waals surface area contributed by atoms with Gasteiger partial charge < -0.3 is 9.80 Å². The molecule has 1 aromatic rings. The van der Waals surface area contributed by atoms with E-state index in [1.54, 1.807) is 31.1 Å². The Hall–Kier alpha value is -1.95. The minimum atomic E-state index is -0.208. The molecule has 0 unspecified atom stereocenters. The number of nitrogens with zero attached hydrogens (tertiary/aromatic N) is 3. The summed E-state index contributed by atoms with van der Waals surface area (Å²) in [6.07, 6.45) is 1.76. The van der Waals surface area contributed by atoms with Crippen molar-refractivity contribution in [2.45, 2.75) is 25.4 Å². The molecule has 2 bridgehead atoms. The summed E-state index contributed by atoms with van der Waals surface area (Å²) >= 11 is 0. The van der Waals surface area contributed by atoms with Crippen LogP contribution in [0.3, 0.4) is 0 Å². The average Bonchev–Trinajstić information content (AvgIpc) is 2.81. The van der Waals surface area contributed by atoms with Gasteiger partial charge in [0.05, 0.1) is 5.92 Å². The van der Waals surface area contributed by atoms with Gasteiger partial charge in [0.15, 0.2) is 0 Å². The molecule has 2 atom stereocenters. The van der Waals surface area contributed by atoms with E-state index < -0.39 is 0 Å². The smallest absolute Gasteiger partial charge is 0.241 e. The van der Waals surface area contributed by atoms with E-state index in [2.05, 4.69) is 4.90 Å². The van der Waals surface area contributed by atoms with E-state index in [1.807, 2.05) is 6.07 Å². The number of benzene rings is 1. The lowest BCUT2D eigenvalue weighted by Crippen LogP contribution is -2.51. The maximum Gasteiger partial charge on any atom is 0.241 e. The van der Waals surface area contributed by atoms with E-state index in [1.165, 1.54) is 11.0 Å². The lowest BCUT2D eigenvalue weighted by Gasteiger charge is -2.36. The molecule has 24 heavy (non-hydrogen) atoms. The van der Waals surface area contributed by atoms with Crippen LogP contribution >= 0.6 is 0 Å². The summed E-state index contributed by atoms with van der Waals surface area (Å²) in [5.41, 5.74) is 0.655. The molecule has 2 amide bonds. The second-order valence-electron chi connectivity index (χ2n) is 6.97. The molecule has 4 rings (SSSR count). The molecule has 1 aromatic carbocycles. The van der Waals surface area contributed by atoms with Crippen molar-refractivity contribution in [3.05, 3.63) is 35.6 Å². The summed E-state index contributed by atoms with van der Waals surface area (Å²) in [6.45, 7) is 1.97. The Morgan fingerprint density at radius 1 is 1.25 bits per heavy atom. The molecule has 130 valence electrons. The van der Waals surface area contributed by atoms with Gasteiger partial charge in [0.1, 0.15) is 12.4 Å². The maximum atomic E-state index is 13.9. The lowest BCUT2D eigenvalue weighted by molar-refractivity contribution is -0.145. The van der Waals surface area contributed by atoms with Crippen molar-refractivity contribution in [1.82, 2.24) is 14.7 Å². The fourth-order valence-corrected chi connectivity index (χ4v) is 3.62. The molecule has 0 radical (unpaired) electrons. The zero-order chi connectivity index (χ0) is 17.3. The van der Waals surface area contributed by atoms with Crippen molar-refractivity contribution in [3.8, 4) is 0 Å². The summed E-state index contributed by atoms with van der Waals surface area (Å²) in [6, 6.07) is 6.81. The van der Waals surface area contributed by atoms with Crippen LogP contribution in [0.2, 0.25) is 0 Å². The number of hydrogen-bond donors (Lipinski definition) is 0. The Morgan fingerprint density at radius 2 is 2.00 bits per heavy atom. The number of carbonyl (C=O) groups excluding carboxylic acids is 2. The van der Waals surface area contributed by atoms with E-state index in [0.29, 0.717) is 25.2 Å². The van der Waals surface area contributed by atoms with Crippen molar-refractivity contribution in [2.24, 2.45) is 5.92 Å². The minimum Gasteiger partial charge on any atom is -0.347 e. The Kier molecular flexibility index (Phi) is 4.85. The number of hydrogen-bond acceptors (Lipinski definition) is 3. The molecule has 3 heterocycles. The number of fused-ring (bicyclic) bond motifs is 4. The molecule has 3 saturated heterocycles. The average molecular weight is 333 g/mol. The largest absolute Gasteiger partial charge is 0.347 e. The Morgan fingerprint density at radius 3 is 2.71 bits per heavy atom. The van der Waals surface area contributed by atoms with Crippen LogP contribution in [-0.2, 0) is 16.1 Å². The summed E-state index contributed by atoms with van der Waals surface area (Å²) in [5.74, 6) is -0.292. The highest BCUT2D eigenvalue weighted by molar-refractivity contribution is 5.86. The highest BCUT2D eigenvalue weighted by Gasteiger charge is 2.41. The van der Waals surface area contributed by atoms with E-state index in [9.17, 15) is 14.0 Å². The SMILES string of the molecule is CN(C)C(=O)CN1C(=O)[C@@H]2CC[C@H]1CN(Cc1ccccc1F)C2. The molecule has 5 nitrogen and oxygen atoms in total. The number of halogens is 1. The molecule has 0 aliphatic carbocycles.